The van der Waals surface area contributed by atoms with E-state index in [-0.39, 0.29) is 25.5 Å². The Morgan fingerprint density at radius 3 is 2.33 bits per heavy atom. The predicted octanol–water partition coefficient (Wildman–Crippen LogP) is -5.05. The average molecular weight is 566 g/mol. The minimum absolute atomic E-state index is 0.138. The third-order valence-electron chi connectivity index (χ3n) is 7.83. The van der Waals surface area contributed by atoms with Crippen molar-refractivity contribution in [3.05, 3.63) is 0 Å². The lowest BCUT2D eigenvalue weighted by atomic mass is 9.76. The fourth-order valence-electron chi connectivity index (χ4n) is 5.43. The summed E-state index contributed by atoms with van der Waals surface area (Å²) in [4.78, 5) is 12.6. The van der Waals surface area contributed by atoms with E-state index in [1.807, 2.05) is 6.92 Å². The zero-order valence-electron chi connectivity index (χ0n) is 22.3. The summed E-state index contributed by atoms with van der Waals surface area (Å²) in [5.41, 5.74) is 24.0. The molecule has 0 aromatic rings. The molecule has 39 heavy (non-hydrogen) atoms. The van der Waals surface area contributed by atoms with E-state index >= 15 is 0 Å². The van der Waals surface area contributed by atoms with Gasteiger partial charge in [-0.05, 0) is 31.7 Å². The summed E-state index contributed by atoms with van der Waals surface area (Å²) in [7, 11) is 0. The predicted molar refractivity (Wildman–Crippen MR) is 137 cm³/mol. The van der Waals surface area contributed by atoms with Crippen LogP contribution in [0.5, 0.6) is 0 Å². The number of nitrogens with two attached hydrogens (primary N) is 4. The lowest BCUT2D eigenvalue weighted by molar-refractivity contribution is -0.318. The van der Waals surface area contributed by atoms with E-state index in [0.29, 0.717) is 13.0 Å². The zero-order chi connectivity index (χ0) is 28.9. The van der Waals surface area contributed by atoms with Crippen molar-refractivity contribution in [1.29, 1.82) is 0 Å². The maximum Gasteiger partial charge on any atom is 0.186 e. The summed E-state index contributed by atoms with van der Waals surface area (Å²) in [6.07, 6.45) is -10.2. The van der Waals surface area contributed by atoms with Crippen LogP contribution >= 0.6 is 0 Å². The molecule has 1 saturated carbocycles. The number of rotatable bonds is 12. The van der Waals surface area contributed by atoms with Gasteiger partial charge in [0.1, 0.15) is 36.6 Å². The molecule has 0 amide bonds. The van der Waals surface area contributed by atoms with Crippen molar-refractivity contribution >= 4 is 5.78 Å². The van der Waals surface area contributed by atoms with E-state index < -0.39 is 91.7 Å². The van der Waals surface area contributed by atoms with Crippen LogP contribution < -0.4 is 28.3 Å². The third kappa shape index (κ3) is 7.90. The lowest BCUT2D eigenvalue weighted by Gasteiger charge is -2.48. The molecule has 1 unspecified atom stereocenters. The van der Waals surface area contributed by atoms with E-state index in [0.717, 1.165) is 13.0 Å². The van der Waals surface area contributed by atoms with Crippen molar-refractivity contribution in [2.75, 3.05) is 26.2 Å². The molecule has 228 valence electrons. The van der Waals surface area contributed by atoms with Gasteiger partial charge in [-0.2, -0.15) is 0 Å². The van der Waals surface area contributed by atoms with E-state index in [1.54, 1.807) is 0 Å². The number of ether oxygens (including phenoxy) is 4. The zero-order valence-corrected chi connectivity index (χ0v) is 22.3. The molecule has 1 aliphatic carbocycles. The molecule has 3 aliphatic rings. The molecule has 14 atom stereocenters. The minimum Gasteiger partial charge on any atom is -0.394 e. The number of aliphatic hydroxyl groups is 5. The van der Waals surface area contributed by atoms with Gasteiger partial charge < -0.3 is 72.7 Å². The van der Waals surface area contributed by atoms with E-state index in [2.05, 4.69) is 5.32 Å². The van der Waals surface area contributed by atoms with Crippen LogP contribution in [-0.4, -0.2) is 137 Å². The molecule has 14 N–H and O–H groups in total. The Morgan fingerprint density at radius 2 is 1.69 bits per heavy atom. The highest BCUT2D eigenvalue weighted by Gasteiger charge is 2.51. The van der Waals surface area contributed by atoms with Gasteiger partial charge in [0.2, 0.25) is 0 Å². The molecular formula is C24H47N5O10. The number of hydrogen-bond acceptors (Lipinski definition) is 15. The van der Waals surface area contributed by atoms with Crippen LogP contribution in [0.3, 0.4) is 0 Å². The number of likely N-dealkylation sites (N-methyl/N-ethyl adjacent to an activating group) is 1. The summed E-state index contributed by atoms with van der Waals surface area (Å²) in [5.74, 6) is -1.29. The monoisotopic (exact) mass is 565 g/mol. The average Bonchev–Trinajstić information content (AvgIpc) is 2.92. The first-order valence-electron chi connectivity index (χ1n) is 13.7. The van der Waals surface area contributed by atoms with Crippen LogP contribution in [0.4, 0.5) is 0 Å². The first kappa shape index (κ1) is 32.6. The van der Waals surface area contributed by atoms with Gasteiger partial charge in [-0.3, -0.25) is 4.79 Å². The van der Waals surface area contributed by atoms with Gasteiger partial charge in [-0.1, -0.05) is 6.92 Å². The Bertz CT molecular complexity index is 767. The molecule has 15 heteroatoms. The largest absolute Gasteiger partial charge is 0.394 e. The SMILES string of the molecule is CCNC[C@@H]1CC[C@@H](N)[C@@H](OC2[C@@H](N)C[C@@H](CC(=O)[C@@H](O)CN)[C@H](O[C@H]3O[C@H](CO)[C@@H](O)[C@H](N)[C@H]3O)[C@H]2O)O1. The van der Waals surface area contributed by atoms with Gasteiger partial charge in [-0.25, -0.2) is 0 Å². The fraction of sp³-hybridized carbons (Fsp3) is 0.958. The van der Waals surface area contributed by atoms with Gasteiger partial charge >= 0.3 is 0 Å². The Morgan fingerprint density at radius 1 is 1.00 bits per heavy atom. The summed E-state index contributed by atoms with van der Waals surface area (Å²) < 4.78 is 23.7. The summed E-state index contributed by atoms with van der Waals surface area (Å²) >= 11 is 0. The lowest BCUT2D eigenvalue weighted by Crippen LogP contribution is -2.66. The van der Waals surface area contributed by atoms with Crippen molar-refractivity contribution in [2.24, 2.45) is 28.9 Å². The Kier molecular flexibility index (Phi) is 12.4. The third-order valence-corrected chi connectivity index (χ3v) is 7.83. The van der Waals surface area contributed by atoms with E-state index in [1.165, 1.54) is 0 Å². The van der Waals surface area contributed by atoms with Gasteiger partial charge in [0, 0.05) is 25.6 Å². The second-order valence-electron chi connectivity index (χ2n) is 10.7. The summed E-state index contributed by atoms with van der Waals surface area (Å²) in [6.45, 7) is 2.49. The molecule has 3 rings (SSSR count). The second-order valence-corrected chi connectivity index (χ2v) is 10.7. The highest BCUT2D eigenvalue weighted by Crippen LogP contribution is 2.36. The molecular weight excluding hydrogens is 518 g/mol. The topological polar surface area (TPSA) is 271 Å². The van der Waals surface area contributed by atoms with Crippen LogP contribution in [0.15, 0.2) is 0 Å². The van der Waals surface area contributed by atoms with Gasteiger partial charge in [0.25, 0.3) is 0 Å². The van der Waals surface area contributed by atoms with Gasteiger partial charge in [-0.15, -0.1) is 0 Å². The number of carbonyl (C=O) groups is 1. The number of ketones is 1. The smallest absolute Gasteiger partial charge is 0.186 e. The molecule has 2 heterocycles. The second kappa shape index (κ2) is 14.8. The maximum absolute atomic E-state index is 12.6. The van der Waals surface area contributed by atoms with E-state index in [4.69, 9.17) is 41.9 Å². The maximum atomic E-state index is 12.6. The number of Topliss-reactive ketones (excluding diaryl/α,β-unsaturated/α-hetero) is 1. The van der Waals surface area contributed by atoms with E-state index in [9.17, 15) is 30.3 Å². The number of nitrogens with one attached hydrogen (secondary N) is 1. The number of aliphatic hydroxyl groups excluding tert-OH is 5. The Balaban J connectivity index is 1.80. The van der Waals surface area contributed by atoms with Gasteiger partial charge in [0.15, 0.2) is 18.4 Å². The van der Waals surface area contributed by atoms with Crippen LogP contribution in [0.25, 0.3) is 0 Å². The minimum atomic E-state index is -1.52. The first-order chi connectivity index (χ1) is 18.5. The molecule has 15 nitrogen and oxygen atoms in total. The molecule has 2 aliphatic heterocycles. The quantitative estimate of drug-likeness (QED) is 0.106. The summed E-state index contributed by atoms with van der Waals surface area (Å²) in [5, 5.41) is 55.0. The van der Waals surface area contributed by atoms with Crippen molar-refractivity contribution < 1.29 is 49.3 Å². The number of hydrogen-bond donors (Lipinski definition) is 10. The molecule has 0 aromatic carbocycles. The molecule has 3 fully saturated rings. The van der Waals surface area contributed by atoms with Crippen molar-refractivity contribution in [2.45, 2.75) is 112 Å². The highest BCUT2D eigenvalue weighted by atomic mass is 16.7. The normalized spacial score (nSPS) is 44.2. The highest BCUT2D eigenvalue weighted by molar-refractivity contribution is 5.83. The molecule has 0 radical (unpaired) electrons. The standard InChI is InChI=1S/C24H47N5O10/c1-2-29-8-11-3-4-12(26)23(36-11)39-22-13(27)5-10(6-14(31)15(32)7-25)21(20(22)35)38-24-19(34)17(28)18(33)16(9-30)37-24/h10-13,15-24,29-30,32-35H,2-9,25-28H2,1H3/t10-,11-,12+,13-,15-,16+,17-,18+,19+,20+,21-,22?,23+,24+/m0/s1. The van der Waals surface area contributed by atoms with Crippen molar-refractivity contribution in [3.8, 4) is 0 Å². The molecule has 0 aromatic heterocycles. The van der Waals surface area contributed by atoms with Crippen LogP contribution in [0.2, 0.25) is 0 Å². The van der Waals surface area contributed by atoms with Crippen molar-refractivity contribution in [1.82, 2.24) is 5.32 Å². The van der Waals surface area contributed by atoms with Crippen molar-refractivity contribution in [3.63, 3.8) is 0 Å². The Labute approximate surface area is 228 Å². The molecule has 0 bridgehead atoms. The number of carbonyl (C=O) groups excluding carboxylic acids is 1. The molecule has 0 spiro atoms. The van der Waals surface area contributed by atoms with Gasteiger partial charge in [0.05, 0.1) is 30.9 Å². The van der Waals surface area contributed by atoms with Crippen LogP contribution in [-0.2, 0) is 23.7 Å². The first-order valence-corrected chi connectivity index (χ1v) is 13.7. The Hall–Kier alpha value is -0.890. The fourth-order valence-corrected chi connectivity index (χ4v) is 5.43. The van der Waals surface area contributed by atoms with Crippen LogP contribution in [0, 0.1) is 5.92 Å². The van der Waals surface area contributed by atoms with Crippen LogP contribution in [0.1, 0.15) is 32.6 Å². The summed E-state index contributed by atoms with van der Waals surface area (Å²) in [6, 6.07) is -2.43. The molecule has 2 saturated heterocycles.